The van der Waals surface area contributed by atoms with Crippen LogP contribution < -0.4 is 0 Å². The number of hydrogen-bond acceptors (Lipinski definition) is 2. The molecule has 1 fully saturated rings. The molecule has 2 unspecified atom stereocenters. The second-order valence-electron chi connectivity index (χ2n) is 4.77. The Balaban J connectivity index is 2.37. The first-order valence-corrected chi connectivity index (χ1v) is 6.93. The first-order valence-electron chi connectivity index (χ1n) is 6.12. The summed E-state index contributed by atoms with van der Waals surface area (Å²) in [4.78, 5) is 2.68. The summed E-state index contributed by atoms with van der Waals surface area (Å²) in [5.74, 6) is 0.331. The first kappa shape index (κ1) is 12.2. The van der Waals surface area contributed by atoms with E-state index in [1.165, 1.54) is 27.3 Å². The van der Waals surface area contributed by atoms with Crippen molar-refractivity contribution in [3.63, 3.8) is 0 Å². The molecular weight excluding hydrogens is 215 g/mol. The van der Waals surface area contributed by atoms with Gasteiger partial charge < -0.3 is 5.11 Å². The second-order valence-corrected chi connectivity index (χ2v) is 6.20. The molecule has 0 bridgehead atoms. The van der Waals surface area contributed by atoms with E-state index in [2.05, 4.69) is 13.8 Å². The zero-order valence-corrected chi connectivity index (χ0v) is 10.9. The summed E-state index contributed by atoms with van der Waals surface area (Å²) < 4.78 is 0. The van der Waals surface area contributed by atoms with Crippen LogP contribution in [0.3, 0.4) is 0 Å². The predicted octanol–water partition coefficient (Wildman–Crippen LogP) is 3.05. The molecule has 0 amide bonds. The quantitative estimate of drug-likeness (QED) is 0.780. The third-order valence-electron chi connectivity index (χ3n) is 3.74. The van der Waals surface area contributed by atoms with E-state index in [9.17, 15) is 5.11 Å². The van der Waals surface area contributed by atoms with E-state index in [0.717, 1.165) is 19.3 Å². The van der Waals surface area contributed by atoms with Crippen molar-refractivity contribution in [3.8, 4) is 0 Å². The maximum Gasteiger partial charge on any atom is 0.0717 e. The SMILES string of the molecule is [B]Cc1c(C)sc(C)c1C1CCCCC1O. The molecule has 1 heterocycles. The van der Waals surface area contributed by atoms with E-state index >= 15 is 0 Å². The standard InChI is InChI=1S/C13H19BOS/c1-8-11(7-14)13(9(2)16-8)10-5-3-4-6-12(10)15/h10,12,15H,3-7H2,1-2H3. The van der Waals surface area contributed by atoms with Gasteiger partial charge in [-0.3, -0.25) is 0 Å². The monoisotopic (exact) mass is 234 g/mol. The van der Waals surface area contributed by atoms with Crippen LogP contribution in [0.1, 0.15) is 52.5 Å². The van der Waals surface area contributed by atoms with Crippen LogP contribution in [-0.4, -0.2) is 19.1 Å². The molecule has 3 heteroatoms. The molecule has 0 aliphatic heterocycles. The van der Waals surface area contributed by atoms with Crippen molar-refractivity contribution in [1.82, 2.24) is 0 Å². The average Bonchev–Trinajstić information content (AvgIpc) is 2.54. The van der Waals surface area contributed by atoms with Gasteiger partial charge in [-0.2, -0.15) is 0 Å². The summed E-state index contributed by atoms with van der Waals surface area (Å²) in [6.45, 7) is 4.30. The highest BCUT2D eigenvalue weighted by atomic mass is 32.1. The van der Waals surface area contributed by atoms with Gasteiger partial charge in [-0.15, -0.1) is 11.3 Å². The Morgan fingerprint density at radius 2 is 1.94 bits per heavy atom. The molecular formula is C13H19BOS. The number of aliphatic hydroxyl groups excluding tert-OH is 1. The molecule has 2 atom stereocenters. The number of hydrogen-bond donors (Lipinski definition) is 1. The van der Waals surface area contributed by atoms with E-state index in [0.29, 0.717) is 12.2 Å². The Morgan fingerprint density at radius 1 is 1.25 bits per heavy atom. The van der Waals surface area contributed by atoms with E-state index in [1.54, 1.807) is 0 Å². The van der Waals surface area contributed by atoms with Crippen molar-refractivity contribution >= 4 is 19.2 Å². The zero-order valence-electron chi connectivity index (χ0n) is 10.1. The third-order valence-corrected chi connectivity index (χ3v) is 4.82. The molecule has 1 aromatic heterocycles. The summed E-state index contributed by atoms with van der Waals surface area (Å²) in [6, 6.07) is 0. The third kappa shape index (κ3) is 2.08. The Kier molecular flexibility index (Phi) is 3.75. The van der Waals surface area contributed by atoms with Gasteiger partial charge in [-0.05, 0) is 37.8 Å². The van der Waals surface area contributed by atoms with Gasteiger partial charge in [-0.25, -0.2) is 0 Å². The van der Waals surface area contributed by atoms with Crippen LogP contribution in [0.15, 0.2) is 0 Å². The lowest BCUT2D eigenvalue weighted by atomic mass is 9.78. The number of thiophene rings is 1. The molecule has 16 heavy (non-hydrogen) atoms. The maximum atomic E-state index is 10.1. The van der Waals surface area contributed by atoms with Gasteiger partial charge in [0.1, 0.15) is 0 Å². The molecule has 0 saturated heterocycles. The molecule has 2 rings (SSSR count). The number of aliphatic hydroxyl groups is 1. The highest BCUT2D eigenvalue weighted by Crippen LogP contribution is 2.40. The van der Waals surface area contributed by atoms with Crippen molar-refractivity contribution < 1.29 is 5.11 Å². The van der Waals surface area contributed by atoms with Crippen molar-refractivity contribution in [3.05, 3.63) is 20.9 Å². The van der Waals surface area contributed by atoms with E-state index in [4.69, 9.17) is 7.85 Å². The summed E-state index contributed by atoms with van der Waals surface area (Å²) in [7, 11) is 5.84. The zero-order chi connectivity index (χ0) is 11.7. The van der Waals surface area contributed by atoms with E-state index < -0.39 is 0 Å². The molecule has 0 spiro atoms. The van der Waals surface area contributed by atoms with Gasteiger partial charge in [0.05, 0.1) is 14.0 Å². The lowest BCUT2D eigenvalue weighted by molar-refractivity contribution is 0.106. The van der Waals surface area contributed by atoms with Crippen LogP contribution >= 0.6 is 11.3 Å². The Hall–Kier alpha value is -0.275. The molecule has 1 aliphatic rings. The Bertz CT molecular complexity index is 372. The average molecular weight is 234 g/mol. The summed E-state index contributed by atoms with van der Waals surface area (Å²) in [5, 5.41) is 10.1. The van der Waals surface area contributed by atoms with Gasteiger partial charge in [0, 0.05) is 15.7 Å². The normalized spacial score (nSPS) is 25.9. The first-order chi connectivity index (χ1) is 7.65. The van der Waals surface area contributed by atoms with Gasteiger partial charge in [0.2, 0.25) is 0 Å². The molecule has 0 aromatic carbocycles. The van der Waals surface area contributed by atoms with Crippen molar-refractivity contribution in [2.24, 2.45) is 0 Å². The van der Waals surface area contributed by atoms with Crippen LogP contribution in [0.2, 0.25) is 0 Å². The molecule has 1 nitrogen and oxygen atoms in total. The number of aryl methyl sites for hydroxylation is 2. The smallest absolute Gasteiger partial charge is 0.0717 e. The van der Waals surface area contributed by atoms with Crippen molar-refractivity contribution in [2.45, 2.75) is 57.9 Å². The molecule has 1 saturated carbocycles. The molecule has 1 aliphatic carbocycles. The van der Waals surface area contributed by atoms with Crippen molar-refractivity contribution in [1.29, 1.82) is 0 Å². The van der Waals surface area contributed by atoms with Gasteiger partial charge >= 0.3 is 0 Å². The fraction of sp³-hybridized carbons (Fsp3) is 0.692. The Morgan fingerprint density at radius 3 is 2.56 bits per heavy atom. The molecule has 2 radical (unpaired) electrons. The lowest BCUT2D eigenvalue weighted by Gasteiger charge is -2.29. The largest absolute Gasteiger partial charge is 0.392 e. The highest BCUT2D eigenvalue weighted by Gasteiger charge is 2.28. The van der Waals surface area contributed by atoms with Crippen LogP contribution in [0.4, 0.5) is 0 Å². The number of rotatable bonds is 2. The minimum absolute atomic E-state index is 0.160. The summed E-state index contributed by atoms with van der Waals surface area (Å²) in [5.41, 5.74) is 2.64. The lowest BCUT2D eigenvalue weighted by Crippen LogP contribution is -2.23. The molecule has 86 valence electrons. The molecule has 1 N–H and O–H groups in total. The van der Waals surface area contributed by atoms with Crippen LogP contribution in [0.5, 0.6) is 0 Å². The van der Waals surface area contributed by atoms with Gasteiger partial charge in [-0.1, -0.05) is 19.2 Å². The fourth-order valence-electron chi connectivity index (χ4n) is 2.93. The molecule has 1 aromatic rings. The maximum absolute atomic E-state index is 10.1. The second kappa shape index (κ2) is 4.93. The minimum Gasteiger partial charge on any atom is -0.392 e. The van der Waals surface area contributed by atoms with Crippen LogP contribution in [0.25, 0.3) is 0 Å². The predicted molar refractivity (Wildman–Crippen MR) is 70.5 cm³/mol. The van der Waals surface area contributed by atoms with Crippen LogP contribution in [-0.2, 0) is 6.32 Å². The van der Waals surface area contributed by atoms with E-state index in [1.807, 2.05) is 11.3 Å². The van der Waals surface area contributed by atoms with Gasteiger partial charge in [0.15, 0.2) is 0 Å². The highest BCUT2D eigenvalue weighted by molar-refractivity contribution is 7.12. The fourth-order valence-corrected chi connectivity index (χ4v) is 4.10. The van der Waals surface area contributed by atoms with E-state index in [-0.39, 0.29) is 6.10 Å². The topological polar surface area (TPSA) is 20.2 Å². The van der Waals surface area contributed by atoms with Crippen molar-refractivity contribution in [2.75, 3.05) is 0 Å². The summed E-state index contributed by atoms with van der Waals surface area (Å²) in [6.07, 6.45) is 4.91. The van der Waals surface area contributed by atoms with Crippen LogP contribution in [0, 0.1) is 13.8 Å². The Labute approximate surface area is 103 Å². The summed E-state index contributed by atoms with van der Waals surface area (Å²) >= 11 is 1.82. The van der Waals surface area contributed by atoms with Gasteiger partial charge in [0.25, 0.3) is 0 Å². The minimum atomic E-state index is -0.160.